The molecule has 0 saturated carbocycles. The molecule has 27 heavy (non-hydrogen) atoms. The van der Waals surface area contributed by atoms with E-state index in [-0.39, 0.29) is 5.91 Å². The molecule has 6 heteroatoms. The highest BCUT2D eigenvalue weighted by atomic mass is 127. The van der Waals surface area contributed by atoms with Crippen molar-refractivity contribution in [1.29, 1.82) is 0 Å². The Morgan fingerprint density at radius 1 is 1.07 bits per heavy atom. The Morgan fingerprint density at radius 2 is 1.85 bits per heavy atom. The third-order valence-electron chi connectivity index (χ3n) is 4.11. The molecule has 0 fully saturated rings. The summed E-state index contributed by atoms with van der Waals surface area (Å²) >= 11 is 9.97. The van der Waals surface area contributed by atoms with E-state index in [1.807, 2.05) is 36.4 Å². The van der Waals surface area contributed by atoms with Crippen LogP contribution in [0, 0.1) is 10.5 Å². The molecule has 0 aliphatic carbocycles. The molecule has 1 heterocycles. The Labute approximate surface area is 179 Å². The summed E-state index contributed by atoms with van der Waals surface area (Å²) in [5, 5.41) is 4.30. The number of carbonyl (C=O) groups excluding carboxylic acids is 1. The summed E-state index contributed by atoms with van der Waals surface area (Å²) in [5.41, 5.74) is 4.44. The zero-order valence-electron chi connectivity index (χ0n) is 14.3. The lowest BCUT2D eigenvalue weighted by Gasteiger charge is -2.08. The predicted molar refractivity (Wildman–Crippen MR) is 122 cm³/mol. The van der Waals surface area contributed by atoms with Crippen LogP contribution in [-0.4, -0.2) is 10.9 Å². The van der Waals surface area contributed by atoms with Gasteiger partial charge in [-0.2, -0.15) is 0 Å². The van der Waals surface area contributed by atoms with E-state index in [9.17, 15) is 4.79 Å². The maximum absolute atomic E-state index is 12.5. The number of benzene rings is 3. The molecule has 0 unspecified atom stereocenters. The molecule has 0 aliphatic rings. The van der Waals surface area contributed by atoms with E-state index in [1.165, 1.54) is 10.3 Å². The van der Waals surface area contributed by atoms with Gasteiger partial charge in [-0.05, 0) is 89.7 Å². The zero-order valence-corrected chi connectivity index (χ0v) is 18.0. The lowest BCUT2D eigenvalue weighted by Crippen LogP contribution is -2.12. The Bertz CT molecular complexity index is 1150. The summed E-state index contributed by atoms with van der Waals surface area (Å²) < 4.78 is 2.14. The van der Waals surface area contributed by atoms with Crippen molar-refractivity contribution in [2.24, 2.45) is 0 Å². The van der Waals surface area contributed by atoms with E-state index < -0.39 is 0 Å². The van der Waals surface area contributed by atoms with Crippen LogP contribution in [0.25, 0.3) is 20.8 Å². The third kappa shape index (κ3) is 4.00. The number of nitrogens with zero attached hydrogens (tertiary/aromatic N) is 1. The number of rotatable bonds is 3. The maximum Gasteiger partial charge on any atom is 0.257 e. The second-order valence-electron chi connectivity index (χ2n) is 6.15. The van der Waals surface area contributed by atoms with Crippen molar-refractivity contribution in [2.45, 2.75) is 6.92 Å². The number of fused-ring (bicyclic) bond motifs is 1. The highest BCUT2D eigenvalue weighted by Crippen LogP contribution is 2.31. The predicted octanol–water partition coefficient (Wildman–Crippen LogP) is 6.78. The molecule has 0 atom stereocenters. The van der Waals surface area contributed by atoms with Crippen LogP contribution in [0.1, 0.15) is 15.9 Å². The second-order valence-corrected chi connectivity index (χ2v) is 8.83. The molecule has 4 aromatic rings. The first-order valence-electron chi connectivity index (χ1n) is 8.23. The van der Waals surface area contributed by atoms with E-state index in [1.54, 1.807) is 23.5 Å². The lowest BCUT2D eigenvalue weighted by atomic mass is 10.2. The molecule has 1 aromatic heterocycles. The van der Waals surface area contributed by atoms with Gasteiger partial charge in [0.1, 0.15) is 5.01 Å². The number of aryl methyl sites for hydroxylation is 1. The summed E-state index contributed by atoms with van der Waals surface area (Å²) in [5.74, 6) is -0.221. The van der Waals surface area contributed by atoms with Crippen molar-refractivity contribution in [3.8, 4) is 10.6 Å². The number of halogens is 2. The Balaban J connectivity index is 1.56. The van der Waals surface area contributed by atoms with Gasteiger partial charge in [-0.15, -0.1) is 11.3 Å². The first-order valence-corrected chi connectivity index (χ1v) is 10.5. The van der Waals surface area contributed by atoms with Gasteiger partial charge in [-0.1, -0.05) is 17.7 Å². The normalized spacial score (nSPS) is 10.9. The standard InChI is InChI=1S/C21H14ClIN2OS/c1-12-2-9-18-19(10-12)27-21(25-18)13-3-6-15(7-4-13)24-20(26)16-11-14(23)5-8-17(16)22/h2-11H,1H3,(H,24,26). The average Bonchev–Trinajstić information content (AvgIpc) is 3.07. The fraction of sp³-hybridized carbons (Fsp3) is 0.0476. The van der Waals surface area contributed by atoms with Crippen molar-refractivity contribution in [1.82, 2.24) is 4.98 Å². The molecule has 0 spiro atoms. The molecular formula is C21H14ClIN2OS. The van der Waals surface area contributed by atoms with Crippen LogP contribution in [0.15, 0.2) is 60.7 Å². The van der Waals surface area contributed by atoms with E-state index in [4.69, 9.17) is 16.6 Å². The van der Waals surface area contributed by atoms with Crippen molar-refractivity contribution in [3.05, 3.63) is 80.4 Å². The van der Waals surface area contributed by atoms with Gasteiger partial charge in [-0.3, -0.25) is 4.79 Å². The molecule has 3 nitrogen and oxygen atoms in total. The number of nitrogens with one attached hydrogen (secondary N) is 1. The number of thiazole rings is 1. The number of hydrogen-bond donors (Lipinski definition) is 1. The number of hydrogen-bond acceptors (Lipinski definition) is 3. The van der Waals surface area contributed by atoms with E-state index in [0.29, 0.717) is 10.6 Å². The van der Waals surface area contributed by atoms with Crippen LogP contribution in [0.4, 0.5) is 5.69 Å². The minimum Gasteiger partial charge on any atom is -0.322 e. The molecule has 1 amide bonds. The molecule has 0 aliphatic heterocycles. The number of aromatic nitrogens is 1. The van der Waals surface area contributed by atoms with Crippen LogP contribution in [0.3, 0.4) is 0 Å². The van der Waals surface area contributed by atoms with E-state index in [2.05, 4.69) is 47.0 Å². The molecule has 3 aromatic carbocycles. The summed E-state index contributed by atoms with van der Waals surface area (Å²) in [7, 11) is 0. The van der Waals surface area contributed by atoms with Crippen LogP contribution >= 0.6 is 45.5 Å². The molecule has 0 bridgehead atoms. The van der Waals surface area contributed by atoms with Crippen LogP contribution in [-0.2, 0) is 0 Å². The van der Waals surface area contributed by atoms with E-state index >= 15 is 0 Å². The number of anilines is 1. The van der Waals surface area contributed by atoms with Crippen molar-refractivity contribution in [3.63, 3.8) is 0 Å². The topological polar surface area (TPSA) is 42.0 Å². The minimum absolute atomic E-state index is 0.221. The van der Waals surface area contributed by atoms with Gasteiger partial charge in [0.05, 0.1) is 20.8 Å². The summed E-state index contributed by atoms with van der Waals surface area (Å²) in [6, 6.07) is 19.3. The van der Waals surface area contributed by atoms with Gasteiger partial charge >= 0.3 is 0 Å². The molecule has 4 rings (SSSR count). The Morgan fingerprint density at radius 3 is 2.63 bits per heavy atom. The van der Waals surface area contributed by atoms with Gasteiger partial charge in [0.15, 0.2) is 0 Å². The maximum atomic E-state index is 12.5. The monoisotopic (exact) mass is 504 g/mol. The smallest absolute Gasteiger partial charge is 0.257 e. The largest absolute Gasteiger partial charge is 0.322 e. The number of carbonyl (C=O) groups is 1. The number of amides is 1. The van der Waals surface area contributed by atoms with Gasteiger partial charge in [0, 0.05) is 14.8 Å². The Hall–Kier alpha value is -1.96. The quantitative estimate of drug-likeness (QED) is 0.312. The fourth-order valence-corrected chi connectivity index (χ4v) is 4.49. The summed E-state index contributed by atoms with van der Waals surface area (Å²) in [6.45, 7) is 2.08. The second kappa shape index (κ2) is 7.58. The highest BCUT2D eigenvalue weighted by Gasteiger charge is 2.12. The third-order valence-corrected chi connectivity index (χ3v) is 6.17. The minimum atomic E-state index is -0.221. The summed E-state index contributed by atoms with van der Waals surface area (Å²) in [6.07, 6.45) is 0. The van der Waals surface area contributed by atoms with E-state index in [0.717, 1.165) is 25.3 Å². The Kier molecular flexibility index (Phi) is 5.16. The van der Waals surface area contributed by atoms with Crippen molar-refractivity contribution in [2.75, 3.05) is 5.32 Å². The SMILES string of the molecule is Cc1ccc2nc(-c3ccc(NC(=O)c4cc(I)ccc4Cl)cc3)sc2c1. The van der Waals surface area contributed by atoms with Gasteiger partial charge in [-0.25, -0.2) is 4.98 Å². The molecule has 1 N–H and O–H groups in total. The first kappa shape index (κ1) is 18.4. The molecule has 0 saturated heterocycles. The fourth-order valence-electron chi connectivity index (χ4n) is 2.72. The van der Waals surface area contributed by atoms with Gasteiger partial charge in [0.2, 0.25) is 0 Å². The van der Waals surface area contributed by atoms with Crippen LogP contribution in [0.2, 0.25) is 5.02 Å². The zero-order chi connectivity index (χ0) is 19.0. The lowest BCUT2D eigenvalue weighted by molar-refractivity contribution is 0.102. The van der Waals surface area contributed by atoms with Crippen molar-refractivity contribution < 1.29 is 4.79 Å². The average molecular weight is 505 g/mol. The molecule has 0 radical (unpaired) electrons. The molecular weight excluding hydrogens is 491 g/mol. The molecule has 134 valence electrons. The van der Waals surface area contributed by atoms with Crippen molar-refractivity contribution >= 4 is 67.3 Å². The van der Waals surface area contributed by atoms with Crippen LogP contribution in [0.5, 0.6) is 0 Å². The van der Waals surface area contributed by atoms with Gasteiger partial charge in [0.25, 0.3) is 5.91 Å². The van der Waals surface area contributed by atoms with Gasteiger partial charge < -0.3 is 5.32 Å². The first-order chi connectivity index (χ1) is 13.0. The highest BCUT2D eigenvalue weighted by molar-refractivity contribution is 14.1. The summed E-state index contributed by atoms with van der Waals surface area (Å²) in [4.78, 5) is 17.2. The van der Waals surface area contributed by atoms with Crippen LogP contribution < -0.4 is 5.32 Å².